The van der Waals surface area contributed by atoms with Crippen LogP contribution in [0.4, 0.5) is 10.8 Å². The lowest BCUT2D eigenvalue weighted by molar-refractivity contribution is -0.384. The standard InChI is InChI=1S/C18H19N3O5S/c1-4-26-17(23)15-11(3)19-18(27-15)20(12-5-6-12)16(22)14-8-7-13(21(24)25)9-10(14)2/h7-9,12H,4-6H2,1-3H3. The van der Waals surface area contributed by atoms with Crippen LogP contribution < -0.4 is 4.90 Å². The van der Waals surface area contributed by atoms with Crippen LogP contribution in [0, 0.1) is 24.0 Å². The van der Waals surface area contributed by atoms with E-state index in [-0.39, 0.29) is 24.2 Å². The molecule has 0 unspecified atom stereocenters. The number of rotatable bonds is 6. The summed E-state index contributed by atoms with van der Waals surface area (Å²) in [5.41, 5.74) is 1.38. The van der Waals surface area contributed by atoms with Crippen molar-refractivity contribution in [2.45, 2.75) is 39.7 Å². The van der Waals surface area contributed by atoms with Crippen molar-refractivity contribution in [3.8, 4) is 0 Å². The van der Waals surface area contributed by atoms with Crippen molar-refractivity contribution in [3.05, 3.63) is 50.0 Å². The number of benzene rings is 1. The van der Waals surface area contributed by atoms with E-state index in [9.17, 15) is 19.7 Å². The van der Waals surface area contributed by atoms with E-state index in [2.05, 4.69) is 4.98 Å². The summed E-state index contributed by atoms with van der Waals surface area (Å²) in [6.07, 6.45) is 1.70. The van der Waals surface area contributed by atoms with E-state index in [4.69, 9.17) is 4.74 Å². The van der Waals surface area contributed by atoms with Gasteiger partial charge in [0.25, 0.3) is 11.6 Å². The van der Waals surface area contributed by atoms with Crippen molar-refractivity contribution < 1.29 is 19.2 Å². The van der Waals surface area contributed by atoms with E-state index in [1.165, 1.54) is 18.2 Å². The minimum Gasteiger partial charge on any atom is -0.462 e. The number of nitro benzene ring substituents is 1. The highest BCUT2D eigenvalue weighted by molar-refractivity contribution is 7.17. The smallest absolute Gasteiger partial charge is 0.350 e. The number of carbonyl (C=O) groups is 2. The fraction of sp³-hybridized carbons (Fsp3) is 0.389. The van der Waals surface area contributed by atoms with E-state index in [1.54, 1.807) is 25.7 Å². The molecule has 1 amide bonds. The predicted octanol–water partition coefficient (Wildman–Crippen LogP) is 3.65. The molecule has 0 spiro atoms. The Bertz CT molecular complexity index is 920. The Hall–Kier alpha value is -2.81. The van der Waals surface area contributed by atoms with Crippen molar-refractivity contribution in [3.63, 3.8) is 0 Å². The van der Waals surface area contributed by atoms with Gasteiger partial charge in [0.2, 0.25) is 0 Å². The van der Waals surface area contributed by atoms with Crippen LogP contribution >= 0.6 is 11.3 Å². The molecule has 0 aliphatic heterocycles. The predicted molar refractivity (Wildman–Crippen MR) is 100 cm³/mol. The molecule has 1 aliphatic carbocycles. The SMILES string of the molecule is CCOC(=O)c1sc(N(C(=O)c2ccc([N+](=O)[O-])cc2C)C2CC2)nc1C. The van der Waals surface area contributed by atoms with Crippen LogP contribution in [-0.2, 0) is 4.74 Å². The highest BCUT2D eigenvalue weighted by Crippen LogP contribution is 2.37. The molecule has 1 fully saturated rings. The van der Waals surface area contributed by atoms with E-state index in [0.717, 1.165) is 24.2 Å². The molecule has 0 saturated heterocycles. The maximum Gasteiger partial charge on any atom is 0.350 e. The highest BCUT2D eigenvalue weighted by Gasteiger charge is 2.37. The largest absolute Gasteiger partial charge is 0.462 e. The van der Waals surface area contributed by atoms with Crippen LogP contribution in [0.25, 0.3) is 0 Å². The number of aromatic nitrogens is 1. The Kier molecular flexibility index (Phi) is 5.22. The van der Waals surface area contributed by atoms with Crippen molar-refractivity contribution in [1.29, 1.82) is 0 Å². The first kappa shape index (κ1) is 19.0. The number of amides is 1. The fourth-order valence-electron chi connectivity index (χ4n) is 2.74. The summed E-state index contributed by atoms with van der Waals surface area (Å²) in [6, 6.07) is 4.20. The zero-order valence-corrected chi connectivity index (χ0v) is 16.0. The Morgan fingerprint density at radius 3 is 2.63 bits per heavy atom. The number of esters is 1. The molecule has 0 N–H and O–H groups in total. The molecule has 1 heterocycles. The second-order valence-corrected chi connectivity index (χ2v) is 7.27. The third kappa shape index (κ3) is 3.82. The quantitative estimate of drug-likeness (QED) is 0.424. The van der Waals surface area contributed by atoms with Gasteiger partial charge in [-0.1, -0.05) is 11.3 Å². The maximum atomic E-state index is 13.2. The van der Waals surface area contributed by atoms with Crippen molar-refractivity contribution in [2.24, 2.45) is 0 Å². The molecule has 8 nitrogen and oxygen atoms in total. The van der Waals surface area contributed by atoms with Gasteiger partial charge < -0.3 is 4.74 Å². The van der Waals surface area contributed by atoms with E-state index in [1.807, 2.05) is 0 Å². The van der Waals surface area contributed by atoms with Gasteiger partial charge in [-0.15, -0.1) is 0 Å². The van der Waals surface area contributed by atoms with Gasteiger partial charge in [-0.2, -0.15) is 0 Å². The van der Waals surface area contributed by atoms with E-state index >= 15 is 0 Å². The van der Waals surface area contributed by atoms with E-state index in [0.29, 0.717) is 26.8 Å². The molecule has 1 aliphatic rings. The first-order chi connectivity index (χ1) is 12.8. The van der Waals surface area contributed by atoms with Gasteiger partial charge in [-0.25, -0.2) is 9.78 Å². The maximum absolute atomic E-state index is 13.2. The molecule has 142 valence electrons. The molecule has 27 heavy (non-hydrogen) atoms. The number of non-ortho nitro benzene ring substituents is 1. The first-order valence-electron chi connectivity index (χ1n) is 8.56. The average molecular weight is 389 g/mol. The number of ether oxygens (including phenoxy) is 1. The lowest BCUT2D eigenvalue weighted by Gasteiger charge is -2.20. The van der Waals surface area contributed by atoms with Gasteiger partial charge in [-0.05, 0) is 45.2 Å². The lowest BCUT2D eigenvalue weighted by Crippen LogP contribution is -2.33. The summed E-state index contributed by atoms with van der Waals surface area (Å²) in [4.78, 5) is 42.0. The van der Waals surface area contributed by atoms with E-state index < -0.39 is 10.9 Å². The minimum absolute atomic E-state index is 0.0210. The first-order valence-corrected chi connectivity index (χ1v) is 9.38. The van der Waals surface area contributed by atoms with Gasteiger partial charge in [0.05, 0.1) is 17.2 Å². The number of hydrogen-bond donors (Lipinski definition) is 0. The molecule has 0 bridgehead atoms. The molecule has 1 aromatic heterocycles. The van der Waals surface area contributed by atoms with Crippen LogP contribution in [0.1, 0.15) is 51.1 Å². The zero-order chi connectivity index (χ0) is 19.7. The summed E-state index contributed by atoms with van der Waals surface area (Å²) in [5, 5.41) is 11.4. The van der Waals surface area contributed by atoms with Crippen LogP contribution in [0.3, 0.4) is 0 Å². The fourth-order valence-corrected chi connectivity index (χ4v) is 3.78. The van der Waals surface area contributed by atoms with Crippen molar-refractivity contribution in [1.82, 2.24) is 4.98 Å². The van der Waals surface area contributed by atoms with Gasteiger partial charge >= 0.3 is 5.97 Å². The van der Waals surface area contributed by atoms with Crippen LogP contribution in [0.2, 0.25) is 0 Å². The topological polar surface area (TPSA) is 103 Å². The third-order valence-corrected chi connectivity index (χ3v) is 5.37. The molecule has 1 aromatic carbocycles. The van der Waals surface area contributed by atoms with Crippen molar-refractivity contribution >= 4 is 34.0 Å². The molecule has 3 rings (SSSR count). The second-order valence-electron chi connectivity index (χ2n) is 6.29. The summed E-state index contributed by atoms with van der Waals surface area (Å²) in [7, 11) is 0. The second kappa shape index (κ2) is 7.43. The van der Waals surface area contributed by atoms with Gasteiger partial charge in [-0.3, -0.25) is 19.8 Å². The molecule has 1 saturated carbocycles. The van der Waals surface area contributed by atoms with Gasteiger partial charge in [0.15, 0.2) is 5.13 Å². The lowest BCUT2D eigenvalue weighted by atomic mass is 10.1. The monoisotopic (exact) mass is 389 g/mol. The molecule has 2 aromatic rings. The summed E-state index contributed by atoms with van der Waals surface area (Å²) in [5.74, 6) is -0.720. The Labute approximate surface area is 159 Å². The summed E-state index contributed by atoms with van der Waals surface area (Å²) < 4.78 is 5.04. The van der Waals surface area contributed by atoms with Gasteiger partial charge in [0, 0.05) is 23.7 Å². The number of thiazole rings is 1. The number of anilines is 1. The zero-order valence-electron chi connectivity index (χ0n) is 15.2. The molecule has 0 atom stereocenters. The Morgan fingerprint density at radius 2 is 2.07 bits per heavy atom. The van der Waals surface area contributed by atoms with Crippen LogP contribution in [0.5, 0.6) is 0 Å². The van der Waals surface area contributed by atoms with Crippen LogP contribution in [-0.4, -0.2) is 34.4 Å². The number of carbonyl (C=O) groups excluding carboxylic acids is 2. The number of hydrogen-bond acceptors (Lipinski definition) is 7. The summed E-state index contributed by atoms with van der Waals surface area (Å²) >= 11 is 1.13. The molecule has 0 radical (unpaired) electrons. The Morgan fingerprint density at radius 1 is 1.37 bits per heavy atom. The van der Waals surface area contributed by atoms with Crippen molar-refractivity contribution in [2.75, 3.05) is 11.5 Å². The minimum atomic E-state index is -0.490. The van der Waals surface area contributed by atoms with Gasteiger partial charge in [0.1, 0.15) is 4.88 Å². The third-order valence-electron chi connectivity index (χ3n) is 4.23. The number of nitrogens with zero attached hydrogens (tertiary/aromatic N) is 3. The number of aryl methyl sites for hydroxylation is 2. The summed E-state index contributed by atoms with van der Waals surface area (Å²) in [6.45, 7) is 5.37. The Balaban J connectivity index is 1.95. The molecular formula is C18H19N3O5S. The molecule has 9 heteroatoms. The highest BCUT2D eigenvalue weighted by atomic mass is 32.1. The van der Waals surface area contributed by atoms with Crippen LogP contribution in [0.15, 0.2) is 18.2 Å². The number of nitro groups is 1. The normalized spacial score (nSPS) is 13.3. The average Bonchev–Trinajstić information content (AvgIpc) is 3.36. The molecular weight excluding hydrogens is 370 g/mol.